The van der Waals surface area contributed by atoms with Gasteiger partial charge < -0.3 is 4.98 Å². The van der Waals surface area contributed by atoms with Crippen molar-refractivity contribution in [1.29, 1.82) is 0 Å². The molecule has 1 aliphatic rings. The normalized spacial score (nSPS) is 13.7. The zero-order chi connectivity index (χ0) is 19.6. The van der Waals surface area contributed by atoms with Gasteiger partial charge in [0.15, 0.2) is 0 Å². The molecule has 2 heteroatoms. The van der Waals surface area contributed by atoms with E-state index in [9.17, 15) is 0 Å². The van der Waals surface area contributed by atoms with Gasteiger partial charge in [0.2, 0.25) is 0 Å². The van der Waals surface area contributed by atoms with E-state index in [1.165, 1.54) is 38.8 Å². The van der Waals surface area contributed by atoms with Gasteiger partial charge >= 0.3 is 0 Å². The molecule has 0 atom stereocenters. The molecule has 0 saturated heterocycles. The molecule has 0 fully saturated rings. The molecule has 1 nitrogen and oxygen atoms in total. The first kappa shape index (κ1) is 19.2. The van der Waals surface area contributed by atoms with Crippen molar-refractivity contribution in [1.82, 2.24) is 4.98 Å². The van der Waals surface area contributed by atoms with E-state index < -0.39 is 0 Å². The molecule has 1 radical (unpaired) electrons. The zero-order valence-electron chi connectivity index (χ0n) is 16.9. The molecule has 1 aliphatic carbocycles. The second-order valence-electron chi connectivity index (χ2n) is 8.42. The summed E-state index contributed by atoms with van der Waals surface area (Å²) in [7, 11) is 0. The Kier molecular flexibility index (Phi) is 4.39. The Hall–Kier alpha value is -2.80. The Balaban J connectivity index is 0.00000193. The maximum atomic E-state index is 4.57. The molecule has 0 saturated carbocycles. The maximum Gasteiger partial charge on any atom is 0.0161 e. The van der Waals surface area contributed by atoms with E-state index in [0.29, 0.717) is 0 Å². The van der Waals surface area contributed by atoms with E-state index in [1.807, 2.05) is 12.3 Å². The smallest absolute Gasteiger partial charge is 0.0161 e. The number of benzene rings is 4. The predicted molar refractivity (Wildman–Crippen MR) is 121 cm³/mol. The summed E-state index contributed by atoms with van der Waals surface area (Å²) in [5.41, 5.74) is 9.00. The van der Waals surface area contributed by atoms with Gasteiger partial charge in [-0.2, -0.15) is 0 Å². The standard InChI is InChI=1S/C28H20N.Ir/c1-28(2)25-8-4-3-7-23(25)24-14-12-20(17-26(24)28)19-11-13-22-21(16-19)10-9-18-6-5-15-29-27(18)22;/h3-12,14-17H,1-2H3;/q-1;. The quantitative estimate of drug-likeness (QED) is 0.156. The van der Waals surface area contributed by atoms with Crippen LogP contribution in [0.25, 0.3) is 43.9 Å². The average molecular weight is 563 g/mol. The van der Waals surface area contributed by atoms with E-state index in [0.717, 1.165) is 16.3 Å². The number of aromatic nitrogens is 1. The van der Waals surface area contributed by atoms with Crippen LogP contribution in [0.4, 0.5) is 0 Å². The van der Waals surface area contributed by atoms with Gasteiger partial charge in [-0.05, 0) is 39.2 Å². The van der Waals surface area contributed by atoms with E-state index in [1.54, 1.807) is 0 Å². The minimum Gasteiger partial charge on any atom is -0.304 e. The van der Waals surface area contributed by atoms with Crippen molar-refractivity contribution in [3.8, 4) is 22.3 Å². The first-order valence-corrected chi connectivity index (χ1v) is 10.1. The number of nitrogens with zero attached hydrogens (tertiary/aromatic N) is 1. The Bertz CT molecular complexity index is 1430. The second kappa shape index (κ2) is 6.87. The van der Waals surface area contributed by atoms with Crippen molar-refractivity contribution in [3.63, 3.8) is 0 Å². The summed E-state index contributed by atoms with van der Waals surface area (Å²) in [5, 5.41) is 3.42. The van der Waals surface area contributed by atoms with Crippen LogP contribution < -0.4 is 0 Å². The summed E-state index contributed by atoms with van der Waals surface area (Å²) in [6.45, 7) is 4.65. The van der Waals surface area contributed by atoms with Crippen LogP contribution in [-0.2, 0) is 25.5 Å². The minimum absolute atomic E-state index is 0. The molecule has 5 aromatic rings. The monoisotopic (exact) mass is 563 g/mol. The van der Waals surface area contributed by atoms with Crippen molar-refractivity contribution < 1.29 is 20.1 Å². The minimum atomic E-state index is 0. The molecule has 0 spiro atoms. The van der Waals surface area contributed by atoms with Crippen molar-refractivity contribution in [2.24, 2.45) is 0 Å². The van der Waals surface area contributed by atoms with Gasteiger partial charge in [-0.1, -0.05) is 85.6 Å². The number of hydrogen-bond donors (Lipinski definition) is 0. The molecule has 0 amide bonds. The van der Waals surface area contributed by atoms with Crippen molar-refractivity contribution >= 4 is 21.7 Å². The largest absolute Gasteiger partial charge is 0.304 e. The topological polar surface area (TPSA) is 12.9 Å². The maximum absolute atomic E-state index is 4.57. The van der Waals surface area contributed by atoms with Crippen LogP contribution >= 0.6 is 0 Å². The molecule has 1 aromatic heterocycles. The van der Waals surface area contributed by atoms with Crippen molar-refractivity contribution in [2.75, 3.05) is 0 Å². The van der Waals surface area contributed by atoms with Crippen LogP contribution in [0.2, 0.25) is 0 Å². The fourth-order valence-electron chi connectivity index (χ4n) is 4.84. The van der Waals surface area contributed by atoms with Gasteiger partial charge in [-0.3, -0.25) is 0 Å². The second-order valence-corrected chi connectivity index (χ2v) is 8.42. The van der Waals surface area contributed by atoms with E-state index in [-0.39, 0.29) is 25.5 Å². The summed E-state index contributed by atoms with van der Waals surface area (Å²) in [4.78, 5) is 4.57. The molecule has 0 aliphatic heterocycles. The van der Waals surface area contributed by atoms with Crippen LogP contribution in [-0.4, -0.2) is 4.98 Å². The van der Waals surface area contributed by atoms with Gasteiger partial charge in [0.25, 0.3) is 0 Å². The molecule has 4 aromatic carbocycles. The molecule has 147 valence electrons. The van der Waals surface area contributed by atoms with E-state index >= 15 is 0 Å². The number of pyridine rings is 1. The fraction of sp³-hybridized carbons (Fsp3) is 0.107. The zero-order valence-corrected chi connectivity index (χ0v) is 19.3. The Labute approximate surface area is 190 Å². The summed E-state index contributed by atoms with van der Waals surface area (Å²) < 4.78 is 0. The SMILES string of the molecule is CC1(C)c2ccccc2-c2ccc(-c3c[c-]c4c(ccc5cccnc54)c3)cc21.[Ir]. The van der Waals surface area contributed by atoms with Crippen LogP contribution in [0.1, 0.15) is 25.0 Å². The molecular formula is C28H20IrN-. The predicted octanol–water partition coefficient (Wildman–Crippen LogP) is 7.16. The van der Waals surface area contributed by atoms with Crippen LogP contribution in [0.5, 0.6) is 0 Å². The molecule has 0 unspecified atom stereocenters. The van der Waals surface area contributed by atoms with Crippen LogP contribution in [0, 0.1) is 6.07 Å². The summed E-state index contributed by atoms with van der Waals surface area (Å²) in [6, 6.07) is 31.9. The van der Waals surface area contributed by atoms with Gasteiger partial charge in [-0.25, -0.2) is 0 Å². The van der Waals surface area contributed by atoms with Crippen molar-refractivity contribution in [2.45, 2.75) is 19.3 Å². The van der Waals surface area contributed by atoms with Crippen LogP contribution in [0.3, 0.4) is 0 Å². The number of fused-ring (bicyclic) bond motifs is 6. The third kappa shape index (κ3) is 2.68. The third-order valence-electron chi connectivity index (χ3n) is 6.41. The molecule has 30 heavy (non-hydrogen) atoms. The van der Waals surface area contributed by atoms with E-state index in [4.69, 9.17) is 0 Å². The Morgan fingerprint density at radius 2 is 1.53 bits per heavy atom. The third-order valence-corrected chi connectivity index (χ3v) is 6.41. The first-order valence-electron chi connectivity index (χ1n) is 10.1. The molecule has 0 N–H and O–H groups in total. The summed E-state index contributed by atoms with van der Waals surface area (Å²) >= 11 is 0. The van der Waals surface area contributed by atoms with Gasteiger partial charge in [0.1, 0.15) is 0 Å². The van der Waals surface area contributed by atoms with Gasteiger partial charge in [0, 0.05) is 31.7 Å². The average Bonchev–Trinajstić information content (AvgIpc) is 3.00. The number of rotatable bonds is 1. The summed E-state index contributed by atoms with van der Waals surface area (Å²) in [6.07, 6.45) is 1.85. The Morgan fingerprint density at radius 1 is 0.733 bits per heavy atom. The van der Waals surface area contributed by atoms with Gasteiger partial charge in [0.05, 0.1) is 0 Å². The summed E-state index contributed by atoms with van der Waals surface area (Å²) in [5.74, 6) is 0. The van der Waals surface area contributed by atoms with Crippen LogP contribution in [0.15, 0.2) is 85.1 Å². The number of hydrogen-bond acceptors (Lipinski definition) is 1. The molecule has 1 heterocycles. The van der Waals surface area contributed by atoms with Crippen molar-refractivity contribution in [3.05, 3.63) is 102 Å². The van der Waals surface area contributed by atoms with E-state index in [2.05, 4.69) is 97.7 Å². The first-order chi connectivity index (χ1) is 14.1. The van der Waals surface area contributed by atoms with Gasteiger partial charge in [-0.15, -0.1) is 29.0 Å². The Morgan fingerprint density at radius 3 is 2.43 bits per heavy atom. The fourth-order valence-corrected chi connectivity index (χ4v) is 4.84. The molecule has 0 bridgehead atoms. The molecular weight excluding hydrogens is 543 g/mol. The molecule has 6 rings (SSSR count).